The van der Waals surface area contributed by atoms with Gasteiger partial charge < -0.3 is 14.8 Å². The van der Waals surface area contributed by atoms with Crippen LogP contribution in [0.3, 0.4) is 0 Å². The average molecular weight is 273 g/mol. The summed E-state index contributed by atoms with van der Waals surface area (Å²) in [5.41, 5.74) is 0.557. The largest absolute Gasteiger partial charge is 0.454 e. The van der Waals surface area contributed by atoms with Gasteiger partial charge in [0, 0.05) is 24.0 Å². The second-order valence-electron chi connectivity index (χ2n) is 4.67. The van der Waals surface area contributed by atoms with E-state index in [1.165, 1.54) is 0 Å². The van der Waals surface area contributed by atoms with Crippen LogP contribution < -0.4 is 14.8 Å². The Morgan fingerprint density at radius 2 is 2.30 bits per heavy atom. The molecule has 0 saturated heterocycles. The quantitative estimate of drug-likeness (QED) is 0.915. The van der Waals surface area contributed by atoms with Gasteiger partial charge in [0.1, 0.15) is 0 Å². The number of benzene rings is 1. The van der Waals surface area contributed by atoms with Crippen molar-refractivity contribution in [2.75, 3.05) is 6.79 Å². The van der Waals surface area contributed by atoms with Crippen molar-refractivity contribution in [2.24, 2.45) is 0 Å². The molecule has 6 nitrogen and oxygen atoms in total. The molecule has 0 saturated carbocycles. The van der Waals surface area contributed by atoms with Crippen LogP contribution in [0.2, 0.25) is 0 Å². The van der Waals surface area contributed by atoms with E-state index in [9.17, 15) is 4.79 Å². The molecule has 3 rings (SSSR count). The van der Waals surface area contributed by atoms with Crippen molar-refractivity contribution >= 4 is 5.91 Å². The summed E-state index contributed by atoms with van der Waals surface area (Å²) in [6, 6.07) is 7.00. The Kier molecular flexibility index (Phi) is 3.28. The van der Waals surface area contributed by atoms with E-state index >= 15 is 0 Å². The van der Waals surface area contributed by atoms with Gasteiger partial charge in [0.05, 0.1) is 6.54 Å². The third-order valence-electron chi connectivity index (χ3n) is 3.03. The third-order valence-corrected chi connectivity index (χ3v) is 3.03. The van der Waals surface area contributed by atoms with Gasteiger partial charge in [-0.05, 0) is 31.2 Å². The fourth-order valence-corrected chi connectivity index (χ4v) is 2.08. The predicted octanol–water partition coefficient (Wildman–Crippen LogP) is 1.43. The van der Waals surface area contributed by atoms with Crippen molar-refractivity contribution in [3.05, 3.63) is 42.2 Å². The highest BCUT2D eigenvalue weighted by Gasteiger charge is 2.17. The van der Waals surface area contributed by atoms with Gasteiger partial charge in [0.2, 0.25) is 6.79 Å². The molecule has 1 aromatic heterocycles. The molecule has 1 amide bonds. The number of ether oxygens (including phenoxy) is 2. The summed E-state index contributed by atoms with van der Waals surface area (Å²) >= 11 is 0. The average Bonchev–Trinajstić information content (AvgIpc) is 3.07. The van der Waals surface area contributed by atoms with Gasteiger partial charge >= 0.3 is 0 Å². The maximum Gasteiger partial charge on any atom is 0.251 e. The zero-order chi connectivity index (χ0) is 13.9. The van der Waals surface area contributed by atoms with Gasteiger partial charge in [-0.1, -0.05) is 0 Å². The second-order valence-corrected chi connectivity index (χ2v) is 4.67. The van der Waals surface area contributed by atoms with E-state index in [0.29, 0.717) is 23.6 Å². The molecule has 1 atom stereocenters. The Hall–Kier alpha value is -2.50. The van der Waals surface area contributed by atoms with Crippen LogP contribution in [0.1, 0.15) is 17.3 Å². The van der Waals surface area contributed by atoms with Crippen molar-refractivity contribution in [3.8, 4) is 11.5 Å². The van der Waals surface area contributed by atoms with Crippen molar-refractivity contribution in [1.82, 2.24) is 15.1 Å². The maximum absolute atomic E-state index is 12.1. The third kappa shape index (κ3) is 2.59. The fourth-order valence-electron chi connectivity index (χ4n) is 2.08. The summed E-state index contributed by atoms with van der Waals surface area (Å²) in [5, 5.41) is 7.04. The minimum atomic E-state index is -0.136. The van der Waals surface area contributed by atoms with Crippen LogP contribution in [0.15, 0.2) is 36.7 Å². The molecule has 2 aromatic rings. The van der Waals surface area contributed by atoms with Gasteiger partial charge in [-0.15, -0.1) is 0 Å². The van der Waals surface area contributed by atoms with Gasteiger partial charge in [-0.3, -0.25) is 9.48 Å². The standard InChI is InChI=1S/C14H15N3O3/c1-10(8-17-6-2-5-15-17)16-14(18)11-3-4-12-13(7-11)20-9-19-12/h2-7,10H,8-9H2,1H3,(H,16,18). The number of nitrogens with zero attached hydrogens (tertiary/aromatic N) is 2. The highest BCUT2D eigenvalue weighted by Crippen LogP contribution is 2.32. The minimum absolute atomic E-state index is 0.0205. The molecule has 0 bridgehead atoms. The SMILES string of the molecule is CC(Cn1cccn1)NC(=O)c1ccc2c(c1)OCO2. The summed E-state index contributed by atoms with van der Waals surface area (Å²) in [4.78, 5) is 12.1. The van der Waals surface area contributed by atoms with Crippen molar-refractivity contribution < 1.29 is 14.3 Å². The summed E-state index contributed by atoms with van der Waals surface area (Å²) in [6.07, 6.45) is 3.58. The lowest BCUT2D eigenvalue weighted by Crippen LogP contribution is -2.35. The number of hydrogen-bond acceptors (Lipinski definition) is 4. The van der Waals surface area contributed by atoms with Crippen LogP contribution >= 0.6 is 0 Å². The summed E-state index contributed by atoms with van der Waals surface area (Å²) in [5.74, 6) is 1.14. The molecule has 6 heteroatoms. The van der Waals surface area contributed by atoms with E-state index in [4.69, 9.17) is 9.47 Å². The van der Waals surface area contributed by atoms with Gasteiger partial charge in [-0.2, -0.15) is 5.10 Å². The lowest BCUT2D eigenvalue weighted by atomic mass is 10.2. The first kappa shape index (κ1) is 12.5. The molecule has 104 valence electrons. The molecule has 20 heavy (non-hydrogen) atoms. The van der Waals surface area contributed by atoms with Gasteiger partial charge in [-0.25, -0.2) is 0 Å². The summed E-state index contributed by atoms with van der Waals surface area (Å²) in [7, 11) is 0. The van der Waals surface area contributed by atoms with Crippen molar-refractivity contribution in [3.63, 3.8) is 0 Å². The highest BCUT2D eigenvalue weighted by atomic mass is 16.7. The Labute approximate surface area is 116 Å². The molecule has 2 heterocycles. The molecule has 0 aliphatic carbocycles. The minimum Gasteiger partial charge on any atom is -0.454 e. The molecule has 0 radical (unpaired) electrons. The van der Waals surface area contributed by atoms with Crippen LogP contribution in [0.4, 0.5) is 0 Å². The van der Waals surface area contributed by atoms with E-state index < -0.39 is 0 Å². The monoisotopic (exact) mass is 273 g/mol. The van der Waals surface area contributed by atoms with E-state index in [1.54, 1.807) is 29.1 Å². The van der Waals surface area contributed by atoms with Crippen LogP contribution in [-0.4, -0.2) is 28.5 Å². The summed E-state index contributed by atoms with van der Waals surface area (Å²) < 4.78 is 12.3. The van der Waals surface area contributed by atoms with Gasteiger partial charge in [0.25, 0.3) is 5.91 Å². The molecule has 1 aliphatic rings. The number of fused-ring (bicyclic) bond motifs is 1. The Bertz CT molecular complexity index is 610. The first-order valence-corrected chi connectivity index (χ1v) is 6.40. The predicted molar refractivity (Wildman–Crippen MR) is 71.7 cm³/mol. The topological polar surface area (TPSA) is 65.4 Å². The zero-order valence-electron chi connectivity index (χ0n) is 11.1. The number of amides is 1. The first-order chi connectivity index (χ1) is 9.72. The lowest BCUT2D eigenvalue weighted by Gasteiger charge is -2.14. The van der Waals surface area contributed by atoms with Crippen LogP contribution in [0.25, 0.3) is 0 Å². The van der Waals surface area contributed by atoms with Crippen molar-refractivity contribution in [2.45, 2.75) is 19.5 Å². The van der Waals surface area contributed by atoms with E-state index in [2.05, 4.69) is 10.4 Å². The molecular weight excluding hydrogens is 258 g/mol. The fraction of sp³-hybridized carbons (Fsp3) is 0.286. The van der Waals surface area contributed by atoms with E-state index in [0.717, 1.165) is 0 Å². The van der Waals surface area contributed by atoms with Crippen molar-refractivity contribution in [1.29, 1.82) is 0 Å². The maximum atomic E-state index is 12.1. The van der Waals surface area contributed by atoms with Gasteiger partial charge in [0.15, 0.2) is 11.5 Å². The van der Waals surface area contributed by atoms with Crippen LogP contribution in [0.5, 0.6) is 11.5 Å². The normalized spacial score (nSPS) is 14.1. The van der Waals surface area contributed by atoms with E-state index in [1.807, 2.05) is 19.2 Å². The molecule has 1 N–H and O–H groups in total. The highest BCUT2D eigenvalue weighted by molar-refractivity contribution is 5.95. The van der Waals surface area contributed by atoms with Crippen LogP contribution in [-0.2, 0) is 6.54 Å². The lowest BCUT2D eigenvalue weighted by molar-refractivity contribution is 0.0935. The van der Waals surface area contributed by atoms with Crippen LogP contribution in [0, 0.1) is 0 Å². The number of nitrogens with one attached hydrogen (secondary N) is 1. The molecule has 0 spiro atoms. The number of carbonyl (C=O) groups is 1. The Balaban J connectivity index is 1.64. The number of rotatable bonds is 4. The molecule has 0 fully saturated rings. The second kappa shape index (κ2) is 5.24. The number of aromatic nitrogens is 2. The molecule has 1 aliphatic heterocycles. The Morgan fingerprint density at radius 3 is 3.10 bits per heavy atom. The van der Waals surface area contributed by atoms with E-state index in [-0.39, 0.29) is 18.7 Å². The summed E-state index contributed by atoms with van der Waals surface area (Å²) in [6.45, 7) is 2.77. The zero-order valence-corrected chi connectivity index (χ0v) is 11.1. The molecule has 1 aromatic carbocycles. The number of carbonyl (C=O) groups excluding carboxylic acids is 1. The Morgan fingerprint density at radius 1 is 1.45 bits per heavy atom. The molecule has 1 unspecified atom stereocenters. The smallest absolute Gasteiger partial charge is 0.251 e. The molecular formula is C14H15N3O3. The first-order valence-electron chi connectivity index (χ1n) is 6.40. The number of hydrogen-bond donors (Lipinski definition) is 1.